The molecule has 0 radical (unpaired) electrons. The predicted octanol–water partition coefficient (Wildman–Crippen LogP) is 2.10. The number of imidazole rings is 1. The molecule has 5 rings (SSSR count). The summed E-state index contributed by atoms with van der Waals surface area (Å²) in [4.78, 5) is 46.2. The van der Waals surface area contributed by atoms with Gasteiger partial charge in [-0.05, 0) is 42.3 Å². The fraction of sp³-hybridized carbons (Fsp3) is 0.267. The highest BCUT2D eigenvalue weighted by Crippen LogP contribution is 2.45. The number of amides is 1. The molecule has 0 bridgehead atoms. The molecule has 0 saturated carbocycles. The molecule has 3 heterocycles. The summed E-state index contributed by atoms with van der Waals surface area (Å²) in [7, 11) is -5.10. The fourth-order valence-corrected chi connectivity index (χ4v) is 5.59. The third-order valence-electron chi connectivity index (χ3n) is 7.34. The first-order valence-electron chi connectivity index (χ1n) is 14.4. The maximum Gasteiger partial charge on any atom is 0.470 e. The number of aliphatic hydroxyl groups is 1. The summed E-state index contributed by atoms with van der Waals surface area (Å²) in [5.41, 5.74) is 15.7. The van der Waals surface area contributed by atoms with Gasteiger partial charge in [-0.2, -0.15) is 0 Å². The SMILES string of the molecule is CCN(CCNC(=O)[C@H]1O[C@@H](n2cnc3c(N)ncnc32)[C@@H](OP(=O)(O)O)[C@@H]1O)c1ccc(/C=C/C=C/c2ccc(N)cc2)cc1. The Bertz CT molecular complexity index is 1760. The van der Waals surface area contributed by atoms with Crippen LogP contribution in [0.25, 0.3) is 23.3 Å². The van der Waals surface area contributed by atoms with Crippen molar-refractivity contribution in [3.63, 3.8) is 0 Å². The van der Waals surface area contributed by atoms with E-state index in [0.29, 0.717) is 13.1 Å². The number of aliphatic hydroxyl groups excluding tert-OH is 1. The fourth-order valence-electron chi connectivity index (χ4n) is 5.04. The molecule has 2 aromatic carbocycles. The lowest BCUT2D eigenvalue weighted by molar-refractivity contribution is -0.137. The van der Waals surface area contributed by atoms with Gasteiger partial charge in [-0.15, -0.1) is 0 Å². The number of phosphoric ester groups is 1. The standard InChI is InChI=1S/C30H35N8O7P/c1-2-37(22-13-9-20(10-14-22)6-4-3-5-19-7-11-21(31)12-8-19)16-15-33-29(40)25-24(39)26(45-46(41,42)43)30(44-25)38-18-36-23-27(32)34-17-35-28(23)38/h3-14,17-18,24-26,30,39H,2,15-16,31H2,1H3,(H,33,40)(H2,32,34,35)(H2,41,42,43)/b5-3+,6-4+/t24-,25+,26+,30-/m1/s1. The van der Waals surface area contributed by atoms with E-state index >= 15 is 0 Å². The van der Waals surface area contributed by atoms with Crippen molar-refractivity contribution in [1.29, 1.82) is 0 Å². The molecule has 15 nitrogen and oxygen atoms in total. The molecule has 1 aliphatic heterocycles. The second-order valence-electron chi connectivity index (χ2n) is 10.4. The van der Waals surface area contributed by atoms with Gasteiger partial charge >= 0.3 is 7.82 Å². The molecule has 4 atom stereocenters. The zero-order valence-corrected chi connectivity index (χ0v) is 25.7. The van der Waals surface area contributed by atoms with Crippen molar-refractivity contribution in [2.45, 2.75) is 31.5 Å². The van der Waals surface area contributed by atoms with E-state index in [0.717, 1.165) is 22.5 Å². The van der Waals surface area contributed by atoms with Crippen molar-refractivity contribution in [1.82, 2.24) is 24.8 Å². The summed E-state index contributed by atoms with van der Waals surface area (Å²) in [6.07, 6.45) is 4.11. The van der Waals surface area contributed by atoms with Gasteiger partial charge in [-0.25, -0.2) is 19.5 Å². The first kappa shape index (κ1) is 32.8. The number of nitrogens with one attached hydrogen (secondary N) is 1. The van der Waals surface area contributed by atoms with Crippen LogP contribution < -0.4 is 21.7 Å². The average Bonchev–Trinajstić information content (AvgIpc) is 3.59. The molecule has 46 heavy (non-hydrogen) atoms. The van der Waals surface area contributed by atoms with Crippen molar-refractivity contribution >= 4 is 54.2 Å². The van der Waals surface area contributed by atoms with E-state index in [4.69, 9.17) is 20.7 Å². The van der Waals surface area contributed by atoms with Crippen LogP contribution in [0.15, 0.2) is 73.3 Å². The van der Waals surface area contributed by atoms with Gasteiger partial charge in [0, 0.05) is 31.0 Å². The predicted molar refractivity (Wildman–Crippen MR) is 173 cm³/mol. The van der Waals surface area contributed by atoms with Crippen molar-refractivity contribution in [2.75, 3.05) is 36.0 Å². The lowest BCUT2D eigenvalue weighted by atomic mass is 10.1. The Morgan fingerprint density at radius 1 is 1.07 bits per heavy atom. The van der Waals surface area contributed by atoms with Crippen LogP contribution in [0.1, 0.15) is 24.3 Å². The van der Waals surface area contributed by atoms with Crippen LogP contribution in [0.2, 0.25) is 0 Å². The average molecular weight is 651 g/mol. The van der Waals surface area contributed by atoms with Crippen molar-refractivity contribution in [3.8, 4) is 0 Å². The van der Waals surface area contributed by atoms with Crippen LogP contribution >= 0.6 is 7.82 Å². The van der Waals surface area contributed by atoms with Crippen LogP contribution in [-0.4, -0.2) is 78.3 Å². The van der Waals surface area contributed by atoms with Crippen LogP contribution in [0.4, 0.5) is 17.2 Å². The molecule has 0 unspecified atom stereocenters. The Labute approximate surface area is 264 Å². The van der Waals surface area contributed by atoms with Crippen LogP contribution in [-0.2, 0) is 18.6 Å². The molecule has 242 valence electrons. The lowest BCUT2D eigenvalue weighted by Crippen LogP contribution is -2.45. The van der Waals surface area contributed by atoms with Gasteiger partial charge in [0.2, 0.25) is 0 Å². The van der Waals surface area contributed by atoms with E-state index in [1.54, 1.807) is 0 Å². The van der Waals surface area contributed by atoms with Gasteiger partial charge in [-0.3, -0.25) is 13.9 Å². The van der Waals surface area contributed by atoms with Crippen LogP contribution in [0.3, 0.4) is 0 Å². The van der Waals surface area contributed by atoms with Gasteiger partial charge in [0.05, 0.1) is 6.33 Å². The maximum atomic E-state index is 13.1. The van der Waals surface area contributed by atoms with Gasteiger partial charge in [0.15, 0.2) is 23.8 Å². The highest BCUT2D eigenvalue weighted by Gasteiger charge is 2.51. The van der Waals surface area contributed by atoms with Crippen LogP contribution in [0, 0.1) is 0 Å². The Morgan fingerprint density at radius 2 is 1.72 bits per heavy atom. The normalized spacial score (nSPS) is 20.2. The molecule has 0 spiro atoms. The summed E-state index contributed by atoms with van der Waals surface area (Å²) in [6.45, 7) is 3.29. The number of nitrogens with two attached hydrogens (primary N) is 2. The molecule has 4 aromatic rings. The molecular weight excluding hydrogens is 615 g/mol. The molecular formula is C30H35N8O7P. The number of ether oxygens (including phenoxy) is 1. The number of nitrogens with zero attached hydrogens (tertiary/aromatic N) is 5. The number of nitrogen functional groups attached to an aromatic ring is 2. The van der Waals surface area contributed by atoms with Gasteiger partial charge < -0.3 is 41.3 Å². The number of carbonyl (C=O) groups is 1. The Balaban J connectivity index is 1.19. The van der Waals surface area contributed by atoms with Crippen molar-refractivity contribution in [2.24, 2.45) is 0 Å². The Morgan fingerprint density at radius 3 is 2.35 bits per heavy atom. The summed E-state index contributed by atoms with van der Waals surface area (Å²) >= 11 is 0. The Hall–Kier alpha value is -4.63. The third kappa shape index (κ3) is 7.77. The highest BCUT2D eigenvalue weighted by molar-refractivity contribution is 7.46. The molecule has 1 aliphatic rings. The lowest BCUT2D eigenvalue weighted by Gasteiger charge is -2.24. The Kier molecular flexibility index (Phi) is 10.1. The molecule has 1 fully saturated rings. The summed E-state index contributed by atoms with van der Waals surface area (Å²) in [6, 6.07) is 15.6. The largest absolute Gasteiger partial charge is 0.470 e. The smallest absolute Gasteiger partial charge is 0.399 e. The van der Waals surface area contributed by atoms with Gasteiger partial charge in [-0.1, -0.05) is 48.6 Å². The van der Waals surface area contributed by atoms with E-state index in [1.807, 2.05) is 79.8 Å². The minimum Gasteiger partial charge on any atom is -0.399 e. The number of fused-ring (bicyclic) bond motifs is 1. The van der Waals surface area contributed by atoms with Crippen molar-refractivity contribution in [3.05, 3.63) is 84.5 Å². The number of hydrogen-bond donors (Lipinski definition) is 6. The molecule has 2 aromatic heterocycles. The molecule has 1 saturated heterocycles. The van der Waals surface area contributed by atoms with Gasteiger partial charge in [0.25, 0.3) is 5.91 Å². The first-order chi connectivity index (χ1) is 22.0. The highest BCUT2D eigenvalue weighted by atomic mass is 31.2. The zero-order valence-electron chi connectivity index (χ0n) is 24.8. The number of allylic oxidation sites excluding steroid dienone is 2. The maximum absolute atomic E-state index is 13.1. The zero-order chi connectivity index (χ0) is 32.8. The van der Waals surface area contributed by atoms with Crippen LogP contribution in [0.5, 0.6) is 0 Å². The van der Waals surface area contributed by atoms with E-state index < -0.39 is 38.3 Å². The quantitative estimate of drug-likeness (QED) is 0.0735. The topological polar surface area (TPSA) is 224 Å². The molecule has 8 N–H and O–H groups in total. The minimum atomic E-state index is -5.10. The molecule has 1 amide bonds. The number of likely N-dealkylation sites (N-methyl/N-ethyl adjacent to an activating group) is 1. The van der Waals surface area contributed by atoms with E-state index in [9.17, 15) is 24.3 Å². The monoisotopic (exact) mass is 650 g/mol. The number of rotatable bonds is 12. The molecule has 0 aliphatic carbocycles. The number of anilines is 3. The number of carbonyl (C=O) groups excluding carboxylic acids is 1. The second-order valence-corrected chi connectivity index (χ2v) is 11.6. The van der Waals surface area contributed by atoms with E-state index in [2.05, 4.69) is 25.2 Å². The minimum absolute atomic E-state index is 0.0678. The van der Waals surface area contributed by atoms with Crippen molar-refractivity contribution < 1.29 is 33.5 Å². The number of benzene rings is 2. The summed E-state index contributed by atoms with van der Waals surface area (Å²) < 4.78 is 23.7. The first-order valence-corrected chi connectivity index (χ1v) is 15.9. The van der Waals surface area contributed by atoms with E-state index in [1.165, 1.54) is 17.2 Å². The third-order valence-corrected chi connectivity index (χ3v) is 7.86. The van der Waals surface area contributed by atoms with E-state index in [-0.39, 0.29) is 23.5 Å². The number of hydrogen-bond acceptors (Lipinski definition) is 11. The summed E-state index contributed by atoms with van der Waals surface area (Å²) in [5.74, 6) is -0.616. The molecule has 16 heteroatoms. The summed E-state index contributed by atoms with van der Waals surface area (Å²) in [5, 5.41) is 13.6. The second kappa shape index (κ2) is 14.2. The number of phosphoric acid groups is 1. The number of aromatic nitrogens is 4. The van der Waals surface area contributed by atoms with Gasteiger partial charge in [0.1, 0.15) is 24.1 Å².